The van der Waals surface area contributed by atoms with Crippen molar-refractivity contribution in [2.75, 3.05) is 13.1 Å². The molecular formula is C16H24F2N4O7S. The van der Waals surface area contributed by atoms with Crippen molar-refractivity contribution >= 4 is 33.8 Å². The van der Waals surface area contributed by atoms with Crippen LogP contribution in [-0.2, 0) is 24.4 Å². The summed E-state index contributed by atoms with van der Waals surface area (Å²) in [6.07, 6.45) is -4.29. The molecule has 30 heavy (non-hydrogen) atoms. The number of nitrogens with zero attached hydrogens (tertiary/aromatic N) is 1. The van der Waals surface area contributed by atoms with Crippen LogP contribution >= 0.6 is 0 Å². The van der Waals surface area contributed by atoms with E-state index in [2.05, 4.69) is 5.32 Å². The van der Waals surface area contributed by atoms with Crippen molar-refractivity contribution in [2.45, 2.75) is 62.3 Å². The van der Waals surface area contributed by atoms with Crippen molar-refractivity contribution in [1.29, 1.82) is 0 Å². The van der Waals surface area contributed by atoms with Gasteiger partial charge < -0.3 is 20.6 Å². The molecule has 1 heterocycles. The topological polar surface area (TPSA) is 162 Å². The number of nitrogens with one attached hydrogen (secondary N) is 3. The Kier molecular flexibility index (Phi) is 7.21. The number of rotatable bonds is 9. The first-order chi connectivity index (χ1) is 13.9. The molecular weight excluding hydrogens is 430 g/mol. The molecule has 0 bridgehead atoms. The van der Waals surface area contributed by atoms with Gasteiger partial charge in [-0.25, -0.2) is 22.0 Å². The largest absolute Gasteiger partial charge is 0.465 e. The van der Waals surface area contributed by atoms with E-state index in [9.17, 15) is 36.4 Å². The number of alkyl halides is 2. The Morgan fingerprint density at radius 3 is 2.40 bits per heavy atom. The molecule has 2 fully saturated rings. The quantitative estimate of drug-likeness (QED) is 0.361. The summed E-state index contributed by atoms with van der Waals surface area (Å²) in [6, 6.07) is -2.90. The molecule has 4 amide bonds. The van der Waals surface area contributed by atoms with Crippen LogP contribution < -0.4 is 15.4 Å². The maximum atomic E-state index is 12.9. The molecule has 1 saturated carbocycles. The van der Waals surface area contributed by atoms with E-state index in [0.29, 0.717) is 19.3 Å². The van der Waals surface area contributed by atoms with Crippen LogP contribution in [0, 0.1) is 0 Å². The van der Waals surface area contributed by atoms with E-state index in [-0.39, 0.29) is 13.0 Å². The molecule has 170 valence electrons. The van der Waals surface area contributed by atoms with Crippen LogP contribution in [0.2, 0.25) is 0 Å². The number of likely N-dealkylation sites (tertiary alicyclic amines) is 1. The summed E-state index contributed by atoms with van der Waals surface area (Å²) in [4.78, 5) is 48.6. The van der Waals surface area contributed by atoms with Gasteiger partial charge in [-0.15, -0.1) is 0 Å². The zero-order valence-corrected chi connectivity index (χ0v) is 17.0. The van der Waals surface area contributed by atoms with Gasteiger partial charge in [-0.2, -0.15) is 0 Å². The van der Waals surface area contributed by atoms with Crippen molar-refractivity contribution in [3.05, 3.63) is 0 Å². The smallest absolute Gasteiger partial charge is 0.405 e. The first-order valence-corrected chi connectivity index (χ1v) is 10.8. The highest BCUT2D eigenvalue weighted by atomic mass is 32.2. The van der Waals surface area contributed by atoms with Gasteiger partial charge in [0.05, 0.1) is 4.75 Å². The highest BCUT2D eigenvalue weighted by Crippen LogP contribution is 2.42. The fraction of sp³-hybridized carbons (Fsp3) is 0.750. The number of amides is 4. The first kappa shape index (κ1) is 23.8. The van der Waals surface area contributed by atoms with E-state index in [1.54, 1.807) is 4.72 Å². The molecule has 0 radical (unpaired) electrons. The second kappa shape index (κ2) is 9.10. The lowest BCUT2D eigenvalue weighted by Crippen LogP contribution is -2.55. The Bertz CT molecular complexity index is 816. The van der Waals surface area contributed by atoms with E-state index in [0.717, 1.165) is 4.90 Å². The lowest BCUT2D eigenvalue weighted by Gasteiger charge is -2.26. The molecule has 14 heteroatoms. The predicted molar refractivity (Wildman–Crippen MR) is 98.0 cm³/mol. The highest BCUT2D eigenvalue weighted by molar-refractivity contribution is 7.91. The third-order valence-corrected chi connectivity index (χ3v) is 7.33. The number of sulfonamides is 1. The Morgan fingerprint density at radius 2 is 1.87 bits per heavy atom. The lowest BCUT2D eigenvalue weighted by molar-refractivity contribution is -0.139. The number of hydrogen-bond acceptors (Lipinski definition) is 6. The number of carbonyl (C=O) groups is 4. The molecule has 1 aliphatic carbocycles. The highest BCUT2D eigenvalue weighted by Gasteiger charge is 2.51. The fourth-order valence-electron chi connectivity index (χ4n) is 3.04. The van der Waals surface area contributed by atoms with Crippen LogP contribution in [-0.4, -0.2) is 78.6 Å². The minimum Gasteiger partial charge on any atom is -0.465 e. The molecule has 0 spiro atoms. The van der Waals surface area contributed by atoms with Gasteiger partial charge in [-0.3, -0.25) is 19.1 Å². The molecule has 2 aliphatic rings. The van der Waals surface area contributed by atoms with Crippen molar-refractivity contribution in [2.24, 2.45) is 0 Å². The standard InChI is InChI=1S/C16H24F2N4O7S/c1-16(4-5-16)30(28,29)21-13(24)9(7-11(17)18)20-14(25)10-3-2-6-22(10)12(23)8-19-15(26)27/h9-11,19H,2-8H2,1H3,(H,20,25)(H,21,24)(H,26,27). The third-order valence-electron chi connectivity index (χ3n) is 5.15. The van der Waals surface area contributed by atoms with Crippen LogP contribution in [0.25, 0.3) is 0 Å². The van der Waals surface area contributed by atoms with Gasteiger partial charge in [-0.05, 0) is 32.6 Å². The van der Waals surface area contributed by atoms with Crippen LogP contribution in [0.15, 0.2) is 0 Å². The average Bonchev–Trinajstić information content (AvgIpc) is 3.20. The Labute approximate surface area is 171 Å². The second-order valence-corrected chi connectivity index (χ2v) is 9.71. The van der Waals surface area contributed by atoms with E-state index < -0.39 is 70.1 Å². The normalized spacial score (nSPS) is 21.1. The van der Waals surface area contributed by atoms with Crippen LogP contribution in [0.1, 0.15) is 39.0 Å². The third kappa shape index (κ3) is 5.77. The van der Waals surface area contributed by atoms with Gasteiger partial charge in [-0.1, -0.05) is 0 Å². The summed E-state index contributed by atoms with van der Waals surface area (Å²) in [5, 5.41) is 12.6. The molecule has 2 unspecified atom stereocenters. The average molecular weight is 454 g/mol. The van der Waals surface area contributed by atoms with Gasteiger partial charge in [0.15, 0.2) is 0 Å². The van der Waals surface area contributed by atoms with Gasteiger partial charge in [0.25, 0.3) is 5.91 Å². The maximum Gasteiger partial charge on any atom is 0.405 e. The summed E-state index contributed by atoms with van der Waals surface area (Å²) in [7, 11) is -4.09. The van der Waals surface area contributed by atoms with E-state index in [1.807, 2.05) is 5.32 Å². The van der Waals surface area contributed by atoms with Crippen LogP contribution in [0.5, 0.6) is 0 Å². The maximum absolute atomic E-state index is 12.9. The molecule has 0 aromatic heterocycles. The van der Waals surface area contributed by atoms with Crippen molar-refractivity contribution in [3.63, 3.8) is 0 Å². The van der Waals surface area contributed by atoms with Gasteiger partial charge >= 0.3 is 6.09 Å². The number of carbonyl (C=O) groups excluding carboxylic acids is 3. The molecule has 1 aliphatic heterocycles. The molecule has 4 N–H and O–H groups in total. The SMILES string of the molecule is CC1(S(=O)(=O)NC(=O)C(CC(F)F)NC(=O)C2CCCN2C(=O)CNC(=O)O)CC1. The minimum atomic E-state index is -4.09. The first-order valence-electron chi connectivity index (χ1n) is 9.27. The Morgan fingerprint density at radius 1 is 1.23 bits per heavy atom. The van der Waals surface area contributed by atoms with E-state index in [1.165, 1.54) is 6.92 Å². The minimum absolute atomic E-state index is 0.149. The number of hydrogen-bond donors (Lipinski definition) is 4. The van der Waals surface area contributed by atoms with Gasteiger partial charge in [0.1, 0.15) is 18.6 Å². The molecule has 0 aromatic rings. The van der Waals surface area contributed by atoms with Gasteiger partial charge in [0.2, 0.25) is 28.3 Å². The summed E-state index contributed by atoms with van der Waals surface area (Å²) in [5.74, 6) is -2.86. The summed E-state index contributed by atoms with van der Waals surface area (Å²) < 4.78 is 50.8. The van der Waals surface area contributed by atoms with E-state index in [4.69, 9.17) is 5.11 Å². The van der Waals surface area contributed by atoms with Crippen molar-refractivity contribution < 1.29 is 41.5 Å². The second-order valence-electron chi connectivity index (χ2n) is 7.51. The molecule has 2 atom stereocenters. The van der Waals surface area contributed by atoms with Crippen molar-refractivity contribution in [1.82, 2.24) is 20.3 Å². The molecule has 11 nitrogen and oxygen atoms in total. The number of halogens is 2. The monoisotopic (exact) mass is 454 g/mol. The molecule has 0 aromatic carbocycles. The Balaban J connectivity index is 2.05. The van der Waals surface area contributed by atoms with Gasteiger partial charge in [0, 0.05) is 13.0 Å². The molecule has 1 saturated heterocycles. The Hall–Kier alpha value is -2.51. The summed E-state index contributed by atoms with van der Waals surface area (Å²) in [5.41, 5.74) is 0. The fourth-order valence-corrected chi connectivity index (χ4v) is 4.33. The zero-order chi connectivity index (χ0) is 22.7. The summed E-state index contributed by atoms with van der Waals surface area (Å²) >= 11 is 0. The molecule has 2 rings (SSSR count). The van der Waals surface area contributed by atoms with Crippen LogP contribution in [0.3, 0.4) is 0 Å². The summed E-state index contributed by atoms with van der Waals surface area (Å²) in [6.45, 7) is 0.990. The number of carboxylic acid groups (broad SMARTS) is 1. The predicted octanol–water partition coefficient (Wildman–Crippen LogP) is -0.616. The van der Waals surface area contributed by atoms with E-state index >= 15 is 0 Å². The van der Waals surface area contributed by atoms with Crippen LogP contribution in [0.4, 0.5) is 13.6 Å². The zero-order valence-electron chi connectivity index (χ0n) is 16.2. The lowest BCUT2D eigenvalue weighted by atomic mass is 10.1. The van der Waals surface area contributed by atoms with Crippen molar-refractivity contribution in [3.8, 4) is 0 Å².